The van der Waals surface area contributed by atoms with Gasteiger partial charge in [0.2, 0.25) is 0 Å². The largest absolute Gasteiger partial charge is 0.364 e. The first-order chi connectivity index (χ1) is 6.15. The average molecular weight is 179 g/mol. The number of carbonyl (C=O) groups is 1. The van der Waals surface area contributed by atoms with E-state index >= 15 is 0 Å². The number of nitrogens with two attached hydrogens (primary N) is 1. The average Bonchev–Trinajstić information content (AvgIpc) is 2.08. The number of hydrogen-bond acceptors (Lipinski definition) is 3. The molecule has 70 valence electrons. The molecular formula is C9H13N3O. The van der Waals surface area contributed by atoms with Crippen molar-refractivity contribution in [2.45, 2.75) is 13.5 Å². The van der Waals surface area contributed by atoms with Gasteiger partial charge < -0.3 is 11.1 Å². The summed E-state index contributed by atoms with van der Waals surface area (Å²) in [5.74, 6) is -0.487. The molecule has 0 aliphatic carbocycles. The highest BCUT2D eigenvalue weighted by atomic mass is 16.1. The van der Waals surface area contributed by atoms with E-state index in [9.17, 15) is 4.79 Å². The summed E-state index contributed by atoms with van der Waals surface area (Å²) in [6, 6.07) is 1.70. The van der Waals surface area contributed by atoms with Gasteiger partial charge in [0.05, 0.1) is 0 Å². The molecule has 1 heterocycles. The maximum atomic E-state index is 10.8. The molecule has 0 aliphatic heterocycles. The molecule has 13 heavy (non-hydrogen) atoms. The van der Waals surface area contributed by atoms with Gasteiger partial charge in [0.25, 0.3) is 5.91 Å². The van der Waals surface area contributed by atoms with Crippen LogP contribution in [0.3, 0.4) is 0 Å². The van der Waals surface area contributed by atoms with Crippen molar-refractivity contribution in [2.75, 3.05) is 7.05 Å². The minimum Gasteiger partial charge on any atom is -0.364 e. The van der Waals surface area contributed by atoms with Crippen LogP contribution in [0.15, 0.2) is 12.3 Å². The first-order valence-corrected chi connectivity index (χ1v) is 4.05. The standard InChI is InChI=1S/C9H13N3O/c1-6-3-8(9(10)13)12-5-7(6)4-11-2/h3,5,11H,4H2,1-2H3,(H2,10,13). The SMILES string of the molecule is CNCc1cnc(C(N)=O)cc1C. The molecule has 3 N–H and O–H groups in total. The third kappa shape index (κ3) is 2.26. The molecule has 0 saturated carbocycles. The summed E-state index contributed by atoms with van der Waals surface area (Å²) >= 11 is 0. The van der Waals surface area contributed by atoms with Gasteiger partial charge in [-0.25, -0.2) is 0 Å². The Balaban J connectivity index is 2.98. The van der Waals surface area contributed by atoms with Crippen molar-refractivity contribution in [3.8, 4) is 0 Å². The zero-order valence-corrected chi connectivity index (χ0v) is 7.79. The number of pyridine rings is 1. The third-order valence-corrected chi connectivity index (χ3v) is 1.84. The lowest BCUT2D eigenvalue weighted by Crippen LogP contribution is -2.14. The minimum atomic E-state index is -0.487. The molecule has 0 radical (unpaired) electrons. The Morgan fingerprint density at radius 2 is 2.38 bits per heavy atom. The van der Waals surface area contributed by atoms with Crippen LogP contribution in [0.2, 0.25) is 0 Å². The van der Waals surface area contributed by atoms with Gasteiger partial charge >= 0.3 is 0 Å². The highest BCUT2D eigenvalue weighted by Gasteiger charge is 2.04. The molecule has 1 aromatic rings. The zero-order chi connectivity index (χ0) is 9.84. The smallest absolute Gasteiger partial charge is 0.267 e. The highest BCUT2D eigenvalue weighted by Crippen LogP contribution is 2.07. The number of aromatic nitrogens is 1. The van der Waals surface area contributed by atoms with Gasteiger partial charge in [-0.15, -0.1) is 0 Å². The lowest BCUT2D eigenvalue weighted by molar-refractivity contribution is 0.0995. The van der Waals surface area contributed by atoms with E-state index in [0.717, 1.165) is 17.7 Å². The van der Waals surface area contributed by atoms with Crippen LogP contribution in [-0.2, 0) is 6.54 Å². The molecule has 4 heteroatoms. The second kappa shape index (κ2) is 4.00. The van der Waals surface area contributed by atoms with Crippen LogP contribution in [0.5, 0.6) is 0 Å². The molecule has 4 nitrogen and oxygen atoms in total. The molecule has 0 unspecified atom stereocenters. The molecule has 0 saturated heterocycles. The maximum Gasteiger partial charge on any atom is 0.267 e. The summed E-state index contributed by atoms with van der Waals surface area (Å²) in [5.41, 5.74) is 7.51. The summed E-state index contributed by atoms with van der Waals surface area (Å²) in [6.45, 7) is 2.68. The van der Waals surface area contributed by atoms with Crippen molar-refractivity contribution in [3.05, 3.63) is 29.1 Å². The fourth-order valence-electron chi connectivity index (χ4n) is 1.09. The zero-order valence-electron chi connectivity index (χ0n) is 7.79. The van der Waals surface area contributed by atoms with Crippen molar-refractivity contribution < 1.29 is 4.79 Å². The van der Waals surface area contributed by atoms with E-state index in [0.29, 0.717) is 5.69 Å². The number of primary amides is 1. The van der Waals surface area contributed by atoms with Crippen LogP contribution >= 0.6 is 0 Å². The lowest BCUT2D eigenvalue weighted by atomic mass is 10.1. The van der Waals surface area contributed by atoms with Crippen LogP contribution in [0, 0.1) is 6.92 Å². The predicted molar refractivity (Wildman–Crippen MR) is 50.3 cm³/mol. The maximum absolute atomic E-state index is 10.8. The number of nitrogens with one attached hydrogen (secondary N) is 1. The Morgan fingerprint density at radius 1 is 1.69 bits per heavy atom. The topological polar surface area (TPSA) is 68.0 Å². The molecule has 0 aliphatic rings. The second-order valence-corrected chi connectivity index (χ2v) is 2.89. The Hall–Kier alpha value is -1.42. The molecule has 0 fully saturated rings. The second-order valence-electron chi connectivity index (χ2n) is 2.89. The monoisotopic (exact) mass is 179 g/mol. The quantitative estimate of drug-likeness (QED) is 0.697. The Morgan fingerprint density at radius 3 is 2.85 bits per heavy atom. The molecule has 0 bridgehead atoms. The van der Waals surface area contributed by atoms with Crippen LogP contribution in [0.4, 0.5) is 0 Å². The van der Waals surface area contributed by atoms with Crippen molar-refractivity contribution in [2.24, 2.45) is 5.73 Å². The van der Waals surface area contributed by atoms with E-state index in [-0.39, 0.29) is 0 Å². The van der Waals surface area contributed by atoms with Gasteiger partial charge in [-0.2, -0.15) is 0 Å². The van der Waals surface area contributed by atoms with Crippen molar-refractivity contribution >= 4 is 5.91 Å². The lowest BCUT2D eigenvalue weighted by Gasteiger charge is -2.04. The number of hydrogen-bond donors (Lipinski definition) is 2. The number of nitrogens with zero attached hydrogens (tertiary/aromatic N) is 1. The summed E-state index contributed by atoms with van der Waals surface area (Å²) in [6.07, 6.45) is 1.67. The van der Waals surface area contributed by atoms with E-state index in [2.05, 4.69) is 10.3 Å². The summed E-state index contributed by atoms with van der Waals surface area (Å²) in [7, 11) is 1.86. The van der Waals surface area contributed by atoms with Crippen molar-refractivity contribution in [1.29, 1.82) is 0 Å². The van der Waals surface area contributed by atoms with Gasteiger partial charge in [0, 0.05) is 12.7 Å². The van der Waals surface area contributed by atoms with Gasteiger partial charge in [-0.1, -0.05) is 0 Å². The number of aryl methyl sites for hydroxylation is 1. The van der Waals surface area contributed by atoms with Crippen molar-refractivity contribution in [3.63, 3.8) is 0 Å². The first-order valence-electron chi connectivity index (χ1n) is 4.05. The normalized spacial score (nSPS) is 10.0. The van der Waals surface area contributed by atoms with E-state index < -0.39 is 5.91 Å². The van der Waals surface area contributed by atoms with Gasteiger partial charge in [0.15, 0.2) is 0 Å². The number of amides is 1. The molecule has 0 aromatic carbocycles. The molecule has 0 spiro atoms. The van der Waals surface area contributed by atoms with Crippen LogP contribution in [0.25, 0.3) is 0 Å². The van der Waals surface area contributed by atoms with E-state index in [4.69, 9.17) is 5.73 Å². The summed E-state index contributed by atoms with van der Waals surface area (Å²) < 4.78 is 0. The third-order valence-electron chi connectivity index (χ3n) is 1.84. The van der Waals surface area contributed by atoms with Crippen molar-refractivity contribution in [1.82, 2.24) is 10.3 Å². The summed E-state index contributed by atoms with van der Waals surface area (Å²) in [5, 5.41) is 3.02. The van der Waals surface area contributed by atoms with Crippen LogP contribution < -0.4 is 11.1 Å². The fourth-order valence-corrected chi connectivity index (χ4v) is 1.09. The van der Waals surface area contributed by atoms with Crippen LogP contribution in [-0.4, -0.2) is 17.9 Å². The molecule has 1 aromatic heterocycles. The Labute approximate surface area is 77.2 Å². The predicted octanol–water partition coefficient (Wildman–Crippen LogP) is 0.208. The number of carbonyl (C=O) groups excluding carboxylic acids is 1. The highest BCUT2D eigenvalue weighted by molar-refractivity contribution is 5.90. The van der Waals surface area contributed by atoms with Gasteiger partial charge in [-0.05, 0) is 31.2 Å². The van der Waals surface area contributed by atoms with Gasteiger partial charge in [0.1, 0.15) is 5.69 Å². The van der Waals surface area contributed by atoms with Crippen LogP contribution in [0.1, 0.15) is 21.6 Å². The molecule has 1 amide bonds. The summed E-state index contributed by atoms with van der Waals surface area (Å²) in [4.78, 5) is 14.7. The molecular weight excluding hydrogens is 166 g/mol. The minimum absolute atomic E-state index is 0.317. The van der Waals surface area contributed by atoms with Gasteiger partial charge in [-0.3, -0.25) is 9.78 Å². The molecule has 1 rings (SSSR count). The van der Waals surface area contributed by atoms with E-state index in [1.54, 1.807) is 12.3 Å². The van der Waals surface area contributed by atoms with E-state index in [1.165, 1.54) is 0 Å². The molecule has 0 atom stereocenters. The number of rotatable bonds is 3. The Kier molecular flexibility index (Phi) is 2.97. The van der Waals surface area contributed by atoms with E-state index in [1.807, 2.05) is 14.0 Å². The first kappa shape index (κ1) is 9.67. The fraction of sp³-hybridized carbons (Fsp3) is 0.333. The Bertz CT molecular complexity index is 323.